The Hall–Kier alpha value is -2.40. The van der Waals surface area contributed by atoms with Gasteiger partial charge in [0.2, 0.25) is 0 Å². The molecule has 5 nitrogen and oxygen atoms in total. The van der Waals surface area contributed by atoms with E-state index >= 15 is 0 Å². The molecule has 0 aliphatic heterocycles. The molecule has 0 radical (unpaired) electrons. The molecule has 2 rings (SSSR count). The van der Waals surface area contributed by atoms with E-state index in [0.29, 0.717) is 25.2 Å². The van der Waals surface area contributed by atoms with E-state index in [1.807, 2.05) is 30.3 Å². The number of rotatable bonds is 5. The van der Waals surface area contributed by atoms with Crippen LogP contribution in [0.2, 0.25) is 0 Å². The Kier molecular flexibility index (Phi) is 4.90. The Bertz CT molecular complexity index is 665. The molecular formula is C16H19N3O2. The molecule has 0 atom stereocenters. The first-order valence-corrected chi connectivity index (χ1v) is 6.82. The maximum absolute atomic E-state index is 12.5. The molecule has 1 heterocycles. The van der Waals surface area contributed by atoms with E-state index in [-0.39, 0.29) is 11.5 Å². The van der Waals surface area contributed by atoms with Crippen molar-refractivity contribution in [1.29, 1.82) is 0 Å². The van der Waals surface area contributed by atoms with Gasteiger partial charge in [-0.15, -0.1) is 0 Å². The molecule has 1 aromatic carbocycles. The molecule has 2 N–H and O–H groups in total. The van der Waals surface area contributed by atoms with Crippen molar-refractivity contribution in [1.82, 2.24) is 9.47 Å². The average Bonchev–Trinajstić information content (AvgIpc) is 2.50. The number of pyridine rings is 1. The van der Waals surface area contributed by atoms with Crippen LogP contribution in [0.25, 0.3) is 0 Å². The van der Waals surface area contributed by atoms with Crippen molar-refractivity contribution in [2.45, 2.75) is 6.54 Å². The zero-order chi connectivity index (χ0) is 15.2. The smallest absolute Gasteiger partial charge is 0.254 e. The molecule has 110 valence electrons. The van der Waals surface area contributed by atoms with Crippen molar-refractivity contribution in [2.24, 2.45) is 12.8 Å². The average molecular weight is 285 g/mol. The maximum atomic E-state index is 12.5. The molecule has 0 bridgehead atoms. The van der Waals surface area contributed by atoms with Crippen LogP contribution < -0.4 is 11.3 Å². The lowest BCUT2D eigenvalue weighted by Gasteiger charge is -2.22. The second-order valence-corrected chi connectivity index (χ2v) is 4.87. The third-order valence-corrected chi connectivity index (χ3v) is 3.25. The van der Waals surface area contributed by atoms with Crippen LogP contribution in [0.4, 0.5) is 0 Å². The summed E-state index contributed by atoms with van der Waals surface area (Å²) < 4.78 is 1.43. The minimum absolute atomic E-state index is 0.179. The monoisotopic (exact) mass is 285 g/mol. The van der Waals surface area contributed by atoms with Crippen LogP contribution >= 0.6 is 0 Å². The van der Waals surface area contributed by atoms with E-state index in [4.69, 9.17) is 5.73 Å². The molecule has 0 fully saturated rings. The van der Waals surface area contributed by atoms with Crippen LogP contribution in [0.3, 0.4) is 0 Å². The summed E-state index contributed by atoms with van der Waals surface area (Å²) in [7, 11) is 1.65. The zero-order valence-corrected chi connectivity index (χ0v) is 12.0. The van der Waals surface area contributed by atoms with Gasteiger partial charge in [-0.1, -0.05) is 30.3 Å². The molecule has 0 saturated heterocycles. The maximum Gasteiger partial charge on any atom is 0.254 e. The van der Waals surface area contributed by atoms with Crippen molar-refractivity contribution in [2.75, 3.05) is 13.1 Å². The van der Waals surface area contributed by atoms with Crippen LogP contribution in [0, 0.1) is 0 Å². The number of benzene rings is 1. The normalized spacial score (nSPS) is 10.4. The fraction of sp³-hybridized carbons (Fsp3) is 0.250. The number of aromatic nitrogens is 1. The predicted octanol–water partition coefficient (Wildman–Crippen LogP) is 0.986. The lowest BCUT2D eigenvalue weighted by Crippen LogP contribution is -2.35. The minimum atomic E-state index is -0.201. The van der Waals surface area contributed by atoms with E-state index in [1.54, 1.807) is 24.2 Å². The van der Waals surface area contributed by atoms with E-state index < -0.39 is 0 Å². The summed E-state index contributed by atoms with van der Waals surface area (Å²) in [4.78, 5) is 25.8. The van der Waals surface area contributed by atoms with Gasteiger partial charge in [0.05, 0.1) is 0 Å². The molecule has 0 spiro atoms. The van der Waals surface area contributed by atoms with Crippen LogP contribution in [0.15, 0.2) is 53.5 Å². The number of hydrogen-bond acceptors (Lipinski definition) is 3. The molecule has 1 amide bonds. The summed E-state index contributed by atoms with van der Waals surface area (Å²) in [6, 6.07) is 12.7. The minimum Gasteiger partial charge on any atom is -0.333 e. The number of amides is 1. The van der Waals surface area contributed by atoms with Crippen LogP contribution in [-0.4, -0.2) is 28.5 Å². The van der Waals surface area contributed by atoms with Crippen LogP contribution in [-0.2, 0) is 13.6 Å². The van der Waals surface area contributed by atoms with Gasteiger partial charge in [-0.25, -0.2) is 0 Å². The zero-order valence-electron chi connectivity index (χ0n) is 12.0. The topological polar surface area (TPSA) is 68.3 Å². The number of carbonyl (C=O) groups is 1. The third kappa shape index (κ3) is 3.79. The van der Waals surface area contributed by atoms with Crippen molar-refractivity contribution in [3.63, 3.8) is 0 Å². The second kappa shape index (κ2) is 6.85. The van der Waals surface area contributed by atoms with Crippen molar-refractivity contribution in [3.05, 3.63) is 70.1 Å². The lowest BCUT2D eigenvalue weighted by molar-refractivity contribution is 0.0748. The van der Waals surface area contributed by atoms with E-state index in [9.17, 15) is 9.59 Å². The molecule has 0 aliphatic rings. The van der Waals surface area contributed by atoms with Gasteiger partial charge in [-0.05, 0) is 11.6 Å². The molecule has 2 aromatic rings. The summed E-state index contributed by atoms with van der Waals surface area (Å²) in [6.45, 7) is 1.30. The third-order valence-electron chi connectivity index (χ3n) is 3.25. The first kappa shape index (κ1) is 15.0. The Labute approximate surface area is 123 Å². The highest BCUT2D eigenvalue weighted by Gasteiger charge is 2.16. The van der Waals surface area contributed by atoms with E-state index in [0.717, 1.165) is 5.56 Å². The Morgan fingerprint density at radius 1 is 1.24 bits per heavy atom. The largest absolute Gasteiger partial charge is 0.333 e. The molecule has 0 unspecified atom stereocenters. The Morgan fingerprint density at radius 3 is 2.57 bits per heavy atom. The predicted molar refractivity (Wildman–Crippen MR) is 81.9 cm³/mol. The van der Waals surface area contributed by atoms with Gasteiger partial charge in [-0.3, -0.25) is 9.59 Å². The molecular weight excluding hydrogens is 266 g/mol. The highest BCUT2D eigenvalue weighted by atomic mass is 16.2. The summed E-state index contributed by atoms with van der Waals surface area (Å²) in [5.41, 5.74) is 6.81. The highest BCUT2D eigenvalue weighted by molar-refractivity contribution is 5.94. The number of carbonyl (C=O) groups excluding carboxylic acids is 1. The summed E-state index contributed by atoms with van der Waals surface area (Å²) in [5, 5.41) is 0. The molecule has 0 saturated carbocycles. The van der Waals surface area contributed by atoms with Gasteiger partial charge in [0.1, 0.15) is 0 Å². The molecule has 21 heavy (non-hydrogen) atoms. The standard InChI is InChI=1S/C16H19N3O2/c1-18-9-7-14(11-15(18)20)16(21)19(10-8-17)12-13-5-3-2-4-6-13/h2-7,9,11H,8,10,12,17H2,1H3. The number of nitrogens with two attached hydrogens (primary N) is 1. The van der Waals surface area contributed by atoms with Crippen LogP contribution in [0.1, 0.15) is 15.9 Å². The van der Waals surface area contributed by atoms with Gasteiger partial charge < -0.3 is 15.2 Å². The summed E-state index contributed by atoms with van der Waals surface area (Å²) in [6.07, 6.45) is 1.60. The van der Waals surface area contributed by atoms with E-state index in [1.165, 1.54) is 10.6 Å². The second-order valence-electron chi connectivity index (χ2n) is 4.87. The quantitative estimate of drug-likeness (QED) is 0.890. The van der Waals surface area contributed by atoms with Gasteiger partial charge >= 0.3 is 0 Å². The van der Waals surface area contributed by atoms with Gasteiger partial charge in [0.25, 0.3) is 11.5 Å². The molecule has 5 heteroatoms. The van der Waals surface area contributed by atoms with E-state index in [2.05, 4.69) is 0 Å². The lowest BCUT2D eigenvalue weighted by atomic mass is 10.2. The first-order chi connectivity index (χ1) is 10.1. The van der Waals surface area contributed by atoms with Gasteiger partial charge in [0.15, 0.2) is 0 Å². The SMILES string of the molecule is Cn1ccc(C(=O)N(CCN)Cc2ccccc2)cc1=O. The number of aryl methyl sites for hydroxylation is 1. The highest BCUT2D eigenvalue weighted by Crippen LogP contribution is 2.08. The number of hydrogen-bond donors (Lipinski definition) is 1. The molecule has 1 aromatic heterocycles. The van der Waals surface area contributed by atoms with Gasteiger partial charge in [0, 0.05) is 44.5 Å². The fourth-order valence-electron chi connectivity index (χ4n) is 2.08. The Morgan fingerprint density at radius 2 is 1.95 bits per heavy atom. The van der Waals surface area contributed by atoms with Gasteiger partial charge in [-0.2, -0.15) is 0 Å². The fourth-order valence-corrected chi connectivity index (χ4v) is 2.08. The first-order valence-electron chi connectivity index (χ1n) is 6.82. The summed E-state index contributed by atoms with van der Waals surface area (Å²) >= 11 is 0. The molecule has 0 aliphatic carbocycles. The van der Waals surface area contributed by atoms with Crippen molar-refractivity contribution >= 4 is 5.91 Å². The summed E-state index contributed by atoms with van der Waals surface area (Å²) in [5.74, 6) is -0.179. The Balaban J connectivity index is 2.22. The van der Waals surface area contributed by atoms with Crippen molar-refractivity contribution < 1.29 is 4.79 Å². The van der Waals surface area contributed by atoms with Crippen molar-refractivity contribution in [3.8, 4) is 0 Å². The number of nitrogens with zero attached hydrogens (tertiary/aromatic N) is 2. The van der Waals surface area contributed by atoms with Crippen LogP contribution in [0.5, 0.6) is 0 Å².